The van der Waals surface area contributed by atoms with E-state index in [9.17, 15) is 4.79 Å². The van der Waals surface area contributed by atoms with E-state index in [2.05, 4.69) is 33.0 Å². The molecule has 4 N–H and O–H groups in total. The molecule has 0 saturated heterocycles. The molecule has 0 bridgehead atoms. The summed E-state index contributed by atoms with van der Waals surface area (Å²) in [5.74, 6) is 1.16. The Balaban J connectivity index is 1.49. The zero-order valence-electron chi connectivity index (χ0n) is 17.0. The summed E-state index contributed by atoms with van der Waals surface area (Å²) in [4.78, 5) is 16.0. The number of halogens is 2. The third-order valence-electron chi connectivity index (χ3n) is 4.63. The number of rotatable bonds is 9. The molecule has 9 heteroatoms. The molecule has 2 aromatic carbocycles. The largest absolute Gasteiger partial charge is 0.456 e. The molecule has 0 aliphatic heterocycles. The number of anilines is 4. The second kappa shape index (κ2) is 9.91. The number of benzene rings is 2. The average Bonchev–Trinajstić information content (AvgIpc) is 3.62. The second-order valence-electron chi connectivity index (χ2n) is 7.13. The maximum atomic E-state index is 11.7. The molecule has 0 unspecified atom stereocenters. The lowest BCUT2D eigenvalue weighted by atomic mass is 10.2. The number of aromatic nitrogens is 1. The summed E-state index contributed by atoms with van der Waals surface area (Å²) in [6, 6.07) is 14.7. The fourth-order valence-corrected chi connectivity index (χ4v) is 3.21. The van der Waals surface area contributed by atoms with Crippen LogP contribution in [-0.2, 0) is 4.79 Å². The van der Waals surface area contributed by atoms with Gasteiger partial charge in [-0.05, 0) is 49.2 Å². The fraction of sp³-hybridized carbons (Fsp3) is 0.130. The molecule has 7 nitrogen and oxygen atoms in total. The van der Waals surface area contributed by atoms with Crippen molar-refractivity contribution in [2.75, 3.05) is 16.1 Å². The number of carbonyl (C=O) groups excluding carboxylic acids is 1. The summed E-state index contributed by atoms with van der Waals surface area (Å²) in [6.07, 6.45) is 5.10. The lowest BCUT2D eigenvalue weighted by molar-refractivity contribution is -0.111. The third-order valence-corrected chi connectivity index (χ3v) is 5.49. The molecule has 1 amide bonds. The van der Waals surface area contributed by atoms with Gasteiger partial charge in [0.1, 0.15) is 22.3 Å². The molecule has 1 aliphatic carbocycles. The second-order valence-corrected chi connectivity index (χ2v) is 7.88. The highest BCUT2D eigenvalue weighted by atomic mass is 35.5. The molecule has 164 valence electrons. The van der Waals surface area contributed by atoms with Gasteiger partial charge in [0.05, 0.1) is 22.1 Å². The van der Waals surface area contributed by atoms with Crippen LogP contribution in [0.1, 0.15) is 12.8 Å². The molecular formula is C23H21Cl2N5O2. The topological polar surface area (TPSA) is 87.3 Å². The summed E-state index contributed by atoms with van der Waals surface area (Å²) in [7, 11) is 0. The van der Waals surface area contributed by atoms with E-state index in [1.807, 2.05) is 18.2 Å². The van der Waals surface area contributed by atoms with Gasteiger partial charge in [-0.2, -0.15) is 0 Å². The number of amides is 1. The first-order valence-electron chi connectivity index (χ1n) is 9.96. The van der Waals surface area contributed by atoms with E-state index < -0.39 is 0 Å². The Hall–Kier alpha value is -3.26. The number of para-hydroxylation sites is 2. The van der Waals surface area contributed by atoms with Crippen molar-refractivity contribution >= 4 is 52.0 Å². The molecule has 1 fully saturated rings. The molecule has 1 aliphatic rings. The first-order valence-corrected chi connectivity index (χ1v) is 10.7. The van der Waals surface area contributed by atoms with Gasteiger partial charge >= 0.3 is 0 Å². The van der Waals surface area contributed by atoms with Crippen molar-refractivity contribution in [3.8, 4) is 11.5 Å². The average molecular weight is 470 g/mol. The Morgan fingerprint density at radius 2 is 1.84 bits per heavy atom. The molecular weight excluding hydrogens is 449 g/mol. The highest BCUT2D eigenvalue weighted by molar-refractivity contribution is 6.44. The Bertz CT molecular complexity index is 1150. The Morgan fingerprint density at radius 1 is 1.06 bits per heavy atom. The van der Waals surface area contributed by atoms with E-state index in [0.29, 0.717) is 50.5 Å². The summed E-state index contributed by atoms with van der Waals surface area (Å²) in [5, 5.41) is 6.61. The predicted octanol–water partition coefficient (Wildman–Crippen LogP) is 6.13. The summed E-state index contributed by atoms with van der Waals surface area (Å²) in [5.41, 5.74) is 8.23. The van der Waals surface area contributed by atoms with Crippen LogP contribution in [0.25, 0.3) is 0 Å². The van der Waals surface area contributed by atoms with Crippen LogP contribution in [0, 0.1) is 0 Å². The van der Waals surface area contributed by atoms with Gasteiger partial charge in [-0.3, -0.25) is 4.79 Å². The van der Waals surface area contributed by atoms with Gasteiger partial charge in [-0.25, -0.2) is 10.4 Å². The lowest BCUT2D eigenvalue weighted by Crippen LogP contribution is -2.23. The zero-order chi connectivity index (χ0) is 22.5. The van der Waals surface area contributed by atoms with Crippen molar-refractivity contribution in [3.05, 3.63) is 77.4 Å². The number of hydrogen-bond acceptors (Lipinski definition) is 6. The van der Waals surface area contributed by atoms with E-state index in [1.165, 1.54) is 6.08 Å². The van der Waals surface area contributed by atoms with Gasteiger partial charge in [-0.15, -0.1) is 0 Å². The number of hydrazine groups is 1. The normalized spacial score (nSPS) is 12.7. The van der Waals surface area contributed by atoms with Crippen molar-refractivity contribution in [3.63, 3.8) is 0 Å². The Morgan fingerprint density at radius 3 is 2.59 bits per heavy atom. The first-order chi connectivity index (χ1) is 15.5. The minimum atomic E-state index is -0.305. The standard InChI is InChI=1S/C23H21Cl2N5O2/c1-2-21(31)28-17-6-4-3-5-16(17)27-20-13-15(11-12-26-20)32-19-10-9-18(22(24)23(19)25)30-29-14-7-8-14/h2-6,9-14,29-30H,1,7-8H2,(H,26,27)(H,28,31). The van der Waals surface area contributed by atoms with Gasteiger partial charge < -0.3 is 20.8 Å². The molecule has 4 rings (SSSR count). The number of hydrogen-bond donors (Lipinski definition) is 4. The van der Waals surface area contributed by atoms with Gasteiger partial charge in [0, 0.05) is 18.3 Å². The summed E-state index contributed by atoms with van der Waals surface area (Å²) < 4.78 is 5.95. The first kappa shape index (κ1) is 22.0. The number of carbonyl (C=O) groups is 1. The van der Waals surface area contributed by atoms with E-state index in [-0.39, 0.29) is 5.91 Å². The van der Waals surface area contributed by atoms with Crippen LogP contribution in [0.5, 0.6) is 11.5 Å². The van der Waals surface area contributed by atoms with Crippen molar-refractivity contribution in [2.24, 2.45) is 0 Å². The monoisotopic (exact) mass is 469 g/mol. The molecule has 1 aromatic heterocycles. The van der Waals surface area contributed by atoms with Crippen LogP contribution >= 0.6 is 23.2 Å². The molecule has 0 atom stereocenters. The lowest BCUT2D eigenvalue weighted by Gasteiger charge is -2.15. The van der Waals surface area contributed by atoms with E-state index in [0.717, 1.165) is 12.8 Å². The smallest absolute Gasteiger partial charge is 0.247 e. The minimum Gasteiger partial charge on any atom is -0.456 e. The van der Waals surface area contributed by atoms with Crippen molar-refractivity contribution < 1.29 is 9.53 Å². The molecule has 1 saturated carbocycles. The molecule has 1 heterocycles. The van der Waals surface area contributed by atoms with Crippen LogP contribution in [0.4, 0.5) is 22.9 Å². The maximum Gasteiger partial charge on any atom is 0.247 e. The number of nitrogens with zero attached hydrogens (tertiary/aromatic N) is 1. The summed E-state index contributed by atoms with van der Waals surface area (Å²) in [6.45, 7) is 3.47. The third kappa shape index (κ3) is 5.50. The maximum absolute atomic E-state index is 11.7. The molecule has 3 aromatic rings. The highest BCUT2D eigenvalue weighted by Crippen LogP contribution is 2.40. The Labute approximate surface area is 195 Å². The van der Waals surface area contributed by atoms with Gasteiger partial charge in [0.2, 0.25) is 5.91 Å². The molecule has 0 spiro atoms. The van der Waals surface area contributed by atoms with E-state index >= 15 is 0 Å². The zero-order valence-corrected chi connectivity index (χ0v) is 18.5. The van der Waals surface area contributed by atoms with Crippen LogP contribution in [0.15, 0.2) is 67.4 Å². The van der Waals surface area contributed by atoms with Crippen LogP contribution in [0.3, 0.4) is 0 Å². The molecule has 32 heavy (non-hydrogen) atoms. The van der Waals surface area contributed by atoms with Crippen LogP contribution in [0.2, 0.25) is 10.0 Å². The van der Waals surface area contributed by atoms with E-state index in [4.69, 9.17) is 27.9 Å². The van der Waals surface area contributed by atoms with Crippen LogP contribution in [-0.4, -0.2) is 16.9 Å². The SMILES string of the molecule is C=CC(=O)Nc1ccccc1Nc1cc(Oc2ccc(NNC3CC3)c(Cl)c2Cl)ccn1. The number of pyridine rings is 1. The van der Waals surface area contributed by atoms with Gasteiger partial charge in [-0.1, -0.05) is 41.9 Å². The van der Waals surface area contributed by atoms with Crippen molar-refractivity contribution in [1.29, 1.82) is 0 Å². The van der Waals surface area contributed by atoms with Crippen molar-refractivity contribution in [2.45, 2.75) is 18.9 Å². The number of ether oxygens (including phenoxy) is 1. The van der Waals surface area contributed by atoms with Crippen LogP contribution < -0.4 is 26.2 Å². The highest BCUT2D eigenvalue weighted by Gasteiger charge is 2.21. The Kier molecular flexibility index (Phi) is 6.80. The number of nitrogens with one attached hydrogen (secondary N) is 4. The molecule has 0 radical (unpaired) electrons. The predicted molar refractivity (Wildman–Crippen MR) is 129 cm³/mol. The summed E-state index contributed by atoms with van der Waals surface area (Å²) >= 11 is 12.8. The van der Waals surface area contributed by atoms with E-state index in [1.54, 1.807) is 36.5 Å². The quantitative estimate of drug-likeness (QED) is 0.222. The fourth-order valence-electron chi connectivity index (χ4n) is 2.81. The van der Waals surface area contributed by atoms with Gasteiger partial charge in [0.15, 0.2) is 0 Å². The van der Waals surface area contributed by atoms with Gasteiger partial charge in [0.25, 0.3) is 0 Å². The van der Waals surface area contributed by atoms with Crippen molar-refractivity contribution in [1.82, 2.24) is 10.4 Å². The minimum absolute atomic E-state index is 0.304.